The van der Waals surface area contributed by atoms with Gasteiger partial charge in [-0.3, -0.25) is 9.55 Å². The van der Waals surface area contributed by atoms with Crippen LogP contribution >= 0.6 is 11.6 Å². The Kier molecular flexibility index (Phi) is 6.36. The molecule has 0 atom stereocenters. The van der Waals surface area contributed by atoms with Gasteiger partial charge in [0.25, 0.3) is 0 Å². The molecule has 3 aromatic carbocycles. The van der Waals surface area contributed by atoms with E-state index in [-0.39, 0.29) is 5.69 Å². The van der Waals surface area contributed by atoms with Gasteiger partial charge in [-0.1, -0.05) is 11.6 Å². The van der Waals surface area contributed by atoms with Crippen molar-refractivity contribution in [2.75, 3.05) is 10.6 Å². The van der Waals surface area contributed by atoms with E-state index in [0.29, 0.717) is 34.0 Å². The lowest BCUT2D eigenvalue weighted by Crippen LogP contribution is -2.19. The Morgan fingerprint density at radius 1 is 0.919 bits per heavy atom. The summed E-state index contributed by atoms with van der Waals surface area (Å²) in [5.41, 5.74) is 0.652. The molecule has 2 amide bonds. The fourth-order valence-corrected chi connectivity index (χ4v) is 3.64. The van der Waals surface area contributed by atoms with Gasteiger partial charge in [0, 0.05) is 29.8 Å². The number of benzene rings is 3. The third-order valence-corrected chi connectivity index (χ3v) is 5.48. The van der Waals surface area contributed by atoms with Crippen molar-refractivity contribution in [2.45, 2.75) is 6.18 Å². The molecule has 0 aliphatic rings. The highest BCUT2D eigenvalue weighted by Gasteiger charge is 2.33. The molecule has 0 fully saturated rings. The van der Waals surface area contributed by atoms with Crippen LogP contribution in [-0.4, -0.2) is 25.6 Å². The van der Waals surface area contributed by atoms with Gasteiger partial charge in [-0.2, -0.15) is 13.2 Å². The molecule has 2 heterocycles. The average molecular weight is 525 g/mol. The van der Waals surface area contributed by atoms with E-state index in [1.807, 2.05) is 0 Å². The fraction of sp³-hybridized carbons (Fsp3) is 0.0400. The van der Waals surface area contributed by atoms with E-state index in [2.05, 4.69) is 25.6 Å². The second kappa shape index (κ2) is 9.78. The maximum absolute atomic E-state index is 13.0. The molecule has 12 heteroatoms. The van der Waals surface area contributed by atoms with Crippen molar-refractivity contribution in [2.24, 2.45) is 0 Å². The Morgan fingerprint density at radius 2 is 1.65 bits per heavy atom. The quantitative estimate of drug-likeness (QED) is 0.260. The minimum Gasteiger partial charge on any atom is -0.457 e. The summed E-state index contributed by atoms with van der Waals surface area (Å²) < 4.78 is 46.7. The Bertz CT molecular complexity index is 1570. The van der Waals surface area contributed by atoms with Gasteiger partial charge < -0.3 is 15.4 Å². The van der Waals surface area contributed by atoms with Crippen molar-refractivity contribution < 1.29 is 22.7 Å². The molecule has 5 rings (SSSR count). The van der Waals surface area contributed by atoms with Crippen LogP contribution in [0.1, 0.15) is 5.56 Å². The van der Waals surface area contributed by atoms with E-state index >= 15 is 0 Å². The number of halogens is 4. The van der Waals surface area contributed by atoms with Crippen LogP contribution in [0.15, 0.2) is 85.6 Å². The molecular weight excluding hydrogens is 509 g/mol. The molecular formula is C25H16ClF3N6O2. The highest BCUT2D eigenvalue weighted by molar-refractivity contribution is 6.31. The first-order valence-electron chi connectivity index (χ1n) is 10.7. The molecule has 0 saturated heterocycles. The number of carbonyl (C=O) groups excluding carboxylic acids is 1. The first-order valence-corrected chi connectivity index (χ1v) is 11.1. The van der Waals surface area contributed by atoms with Crippen LogP contribution in [0.4, 0.5) is 29.3 Å². The summed E-state index contributed by atoms with van der Waals surface area (Å²) in [5, 5.41) is 4.46. The zero-order valence-corrected chi connectivity index (χ0v) is 19.5. The van der Waals surface area contributed by atoms with Gasteiger partial charge in [-0.15, -0.1) is 0 Å². The highest BCUT2D eigenvalue weighted by Crippen LogP contribution is 2.36. The largest absolute Gasteiger partial charge is 0.457 e. The lowest BCUT2D eigenvalue weighted by molar-refractivity contribution is -0.137. The molecule has 2 aromatic heterocycles. The molecule has 5 aromatic rings. The van der Waals surface area contributed by atoms with Crippen LogP contribution in [0.2, 0.25) is 5.02 Å². The Labute approximate surface area is 212 Å². The highest BCUT2D eigenvalue weighted by atomic mass is 35.5. The Morgan fingerprint density at radius 3 is 2.38 bits per heavy atom. The van der Waals surface area contributed by atoms with E-state index in [9.17, 15) is 18.0 Å². The topological polar surface area (TPSA) is 94.0 Å². The van der Waals surface area contributed by atoms with Crippen molar-refractivity contribution in [1.82, 2.24) is 19.5 Å². The molecule has 0 bridgehead atoms. The number of fused-ring (bicyclic) bond motifs is 1. The second-order valence-electron chi connectivity index (χ2n) is 7.75. The summed E-state index contributed by atoms with van der Waals surface area (Å²) in [6.07, 6.45) is 2.05. The van der Waals surface area contributed by atoms with E-state index in [1.165, 1.54) is 6.07 Å². The average Bonchev–Trinajstić information content (AvgIpc) is 3.40. The molecule has 0 radical (unpaired) electrons. The maximum atomic E-state index is 13.0. The van der Waals surface area contributed by atoms with Crippen LogP contribution in [0.25, 0.3) is 16.9 Å². The van der Waals surface area contributed by atoms with Crippen LogP contribution in [0.5, 0.6) is 11.5 Å². The maximum Gasteiger partial charge on any atom is 0.417 e. The number of nitrogens with one attached hydrogen (secondary N) is 2. The number of alkyl halides is 3. The van der Waals surface area contributed by atoms with Gasteiger partial charge in [0.1, 0.15) is 17.8 Å². The van der Waals surface area contributed by atoms with Crippen LogP contribution in [0.3, 0.4) is 0 Å². The molecule has 186 valence electrons. The van der Waals surface area contributed by atoms with Crippen molar-refractivity contribution in [3.05, 3.63) is 96.2 Å². The normalized spacial score (nSPS) is 11.4. The SMILES string of the molecule is O=C(Nc1ccc(Oc2ccc3ncc(-n4ccnc4)nc3c2)cc1)Nc1ccc(Cl)c(C(F)(F)F)c1. The summed E-state index contributed by atoms with van der Waals surface area (Å²) in [5.74, 6) is 1.65. The number of anilines is 2. The minimum absolute atomic E-state index is 0.0511. The second-order valence-corrected chi connectivity index (χ2v) is 8.15. The zero-order chi connectivity index (χ0) is 26.0. The number of hydrogen-bond donors (Lipinski definition) is 2. The molecule has 0 aliphatic heterocycles. The lowest BCUT2D eigenvalue weighted by Gasteiger charge is -2.12. The van der Waals surface area contributed by atoms with Crippen LogP contribution < -0.4 is 15.4 Å². The third-order valence-electron chi connectivity index (χ3n) is 5.15. The first kappa shape index (κ1) is 24.1. The number of imidazole rings is 1. The number of aromatic nitrogens is 4. The van der Waals surface area contributed by atoms with Crippen molar-refractivity contribution >= 4 is 40.0 Å². The first-order chi connectivity index (χ1) is 17.7. The molecule has 37 heavy (non-hydrogen) atoms. The number of urea groups is 1. The minimum atomic E-state index is -4.64. The summed E-state index contributed by atoms with van der Waals surface area (Å²) in [4.78, 5) is 25.2. The van der Waals surface area contributed by atoms with Gasteiger partial charge in [0.15, 0.2) is 5.82 Å². The Balaban J connectivity index is 1.24. The van der Waals surface area contributed by atoms with E-state index < -0.39 is 22.8 Å². The third kappa shape index (κ3) is 5.62. The summed E-state index contributed by atoms with van der Waals surface area (Å²) >= 11 is 5.61. The van der Waals surface area contributed by atoms with Crippen LogP contribution in [-0.2, 0) is 6.18 Å². The molecule has 2 N–H and O–H groups in total. The Hall–Kier alpha value is -4.64. The summed E-state index contributed by atoms with van der Waals surface area (Å²) in [6, 6.07) is 14.2. The van der Waals surface area contributed by atoms with Gasteiger partial charge in [0.2, 0.25) is 0 Å². The van der Waals surface area contributed by atoms with Gasteiger partial charge in [-0.25, -0.2) is 14.8 Å². The zero-order valence-electron chi connectivity index (χ0n) is 18.7. The number of hydrogen-bond acceptors (Lipinski definition) is 5. The number of nitrogens with zero attached hydrogens (tertiary/aromatic N) is 4. The smallest absolute Gasteiger partial charge is 0.417 e. The monoisotopic (exact) mass is 524 g/mol. The molecule has 0 aliphatic carbocycles. The molecule has 0 spiro atoms. The van der Waals surface area contributed by atoms with Crippen molar-refractivity contribution in [3.63, 3.8) is 0 Å². The molecule has 0 saturated carbocycles. The van der Waals surface area contributed by atoms with E-state index in [0.717, 1.165) is 12.1 Å². The van der Waals surface area contributed by atoms with Gasteiger partial charge >= 0.3 is 12.2 Å². The van der Waals surface area contributed by atoms with E-state index in [4.69, 9.17) is 16.3 Å². The van der Waals surface area contributed by atoms with Crippen molar-refractivity contribution in [3.8, 4) is 17.3 Å². The number of ether oxygens (including phenoxy) is 1. The fourth-order valence-electron chi connectivity index (χ4n) is 3.42. The molecule has 0 unspecified atom stereocenters. The number of amides is 2. The lowest BCUT2D eigenvalue weighted by atomic mass is 10.2. The standard InChI is InChI=1S/C25H16ClF3N6O2/c26-20-7-3-16(11-19(20)25(27,28)29)33-24(36)32-15-1-4-17(5-2-15)37-18-6-8-21-22(12-18)34-23(13-31-21)35-10-9-30-14-35/h1-14H,(H2,32,33,36). The molecule has 8 nitrogen and oxygen atoms in total. The van der Waals surface area contributed by atoms with Gasteiger partial charge in [-0.05, 0) is 54.6 Å². The van der Waals surface area contributed by atoms with Crippen molar-refractivity contribution in [1.29, 1.82) is 0 Å². The van der Waals surface area contributed by atoms with Gasteiger partial charge in [0.05, 0.1) is 27.8 Å². The predicted octanol–water partition coefficient (Wildman–Crippen LogP) is 6.92. The van der Waals surface area contributed by atoms with Crippen LogP contribution in [0, 0.1) is 0 Å². The number of carbonyl (C=O) groups is 1. The number of rotatable bonds is 5. The van der Waals surface area contributed by atoms with E-state index in [1.54, 1.807) is 71.9 Å². The summed E-state index contributed by atoms with van der Waals surface area (Å²) in [7, 11) is 0. The summed E-state index contributed by atoms with van der Waals surface area (Å²) in [6.45, 7) is 0. The predicted molar refractivity (Wildman–Crippen MR) is 132 cm³/mol.